The normalized spacial score (nSPS) is 10.5. The minimum Gasteiger partial charge on any atom is -0.394 e. The molecule has 0 aliphatic carbocycles. The molecule has 0 bridgehead atoms. The topological polar surface area (TPSA) is 84.7 Å². The fourth-order valence-electron chi connectivity index (χ4n) is 1.00. The first kappa shape index (κ1) is 8.00. The van der Waals surface area contributed by atoms with Gasteiger partial charge in [-0.05, 0) is 6.07 Å². The van der Waals surface area contributed by atoms with Crippen LogP contribution in [0.1, 0.15) is 0 Å². The van der Waals surface area contributed by atoms with Crippen LogP contribution in [0.5, 0.6) is 0 Å². The van der Waals surface area contributed by atoms with E-state index >= 15 is 0 Å². The molecule has 6 heteroatoms. The molecule has 2 aromatic heterocycles. The molecule has 0 aliphatic rings. The van der Waals surface area contributed by atoms with Gasteiger partial charge in [-0.1, -0.05) is 11.6 Å². The summed E-state index contributed by atoms with van der Waals surface area (Å²) in [4.78, 5) is 21.1. The van der Waals surface area contributed by atoms with Crippen LogP contribution in [0.4, 0.5) is 5.69 Å². The second-order valence-electron chi connectivity index (χ2n) is 2.48. The van der Waals surface area contributed by atoms with Crippen LogP contribution in [-0.4, -0.2) is 15.0 Å². The van der Waals surface area contributed by atoms with E-state index in [9.17, 15) is 4.79 Å². The summed E-state index contributed by atoms with van der Waals surface area (Å²) >= 11 is 5.75. The number of aromatic amines is 1. The van der Waals surface area contributed by atoms with Crippen LogP contribution in [0.25, 0.3) is 11.0 Å². The lowest BCUT2D eigenvalue weighted by molar-refractivity contribution is 1.16. The molecule has 0 amide bonds. The number of pyridine rings is 1. The number of halogens is 1. The number of nitrogen functional groups attached to an aromatic ring is 1. The molecule has 5 nitrogen and oxygen atoms in total. The monoisotopic (exact) mass is 196 g/mol. The van der Waals surface area contributed by atoms with Gasteiger partial charge in [-0.15, -0.1) is 0 Å². The van der Waals surface area contributed by atoms with Crippen molar-refractivity contribution in [1.82, 2.24) is 15.0 Å². The van der Waals surface area contributed by atoms with Crippen LogP contribution in [0.2, 0.25) is 5.15 Å². The first-order valence-electron chi connectivity index (χ1n) is 3.47. The van der Waals surface area contributed by atoms with E-state index in [1.807, 2.05) is 0 Å². The maximum absolute atomic E-state index is 11.1. The number of nitrogens with two attached hydrogens (primary N) is 1. The first-order valence-corrected chi connectivity index (χ1v) is 3.85. The Hall–Kier alpha value is -1.62. The largest absolute Gasteiger partial charge is 0.394 e. The van der Waals surface area contributed by atoms with Gasteiger partial charge in [-0.25, -0.2) is 9.97 Å². The highest BCUT2D eigenvalue weighted by atomic mass is 35.5. The minimum atomic E-state index is -0.373. The molecule has 0 fully saturated rings. The van der Waals surface area contributed by atoms with Crippen LogP contribution in [0.3, 0.4) is 0 Å². The van der Waals surface area contributed by atoms with Gasteiger partial charge in [-0.2, -0.15) is 0 Å². The van der Waals surface area contributed by atoms with Crippen LogP contribution in [-0.2, 0) is 0 Å². The van der Waals surface area contributed by atoms with Crippen LogP contribution >= 0.6 is 11.6 Å². The second-order valence-corrected chi connectivity index (χ2v) is 2.84. The van der Waals surface area contributed by atoms with E-state index < -0.39 is 0 Å². The number of aromatic nitrogens is 3. The highest BCUT2D eigenvalue weighted by Crippen LogP contribution is 2.16. The molecule has 0 aromatic carbocycles. The molecule has 2 aromatic rings. The van der Waals surface area contributed by atoms with Crippen molar-refractivity contribution in [3.63, 3.8) is 0 Å². The summed E-state index contributed by atoms with van der Waals surface area (Å²) < 4.78 is 0. The van der Waals surface area contributed by atoms with Crippen molar-refractivity contribution in [3.8, 4) is 0 Å². The summed E-state index contributed by atoms with van der Waals surface area (Å²) in [7, 11) is 0. The van der Waals surface area contributed by atoms with E-state index in [-0.39, 0.29) is 16.4 Å². The predicted octanol–water partition coefficient (Wildman–Crippen LogP) is 0.554. The summed E-state index contributed by atoms with van der Waals surface area (Å²) in [5.74, 6) is 0. The molecule has 0 radical (unpaired) electrons. The number of hydrogen-bond donors (Lipinski definition) is 2. The predicted molar refractivity (Wildman–Crippen MR) is 49.6 cm³/mol. The number of nitrogens with zero attached hydrogens (tertiary/aromatic N) is 2. The number of nitrogens with one attached hydrogen (secondary N) is 1. The molecular weight excluding hydrogens is 192 g/mol. The van der Waals surface area contributed by atoms with Crippen LogP contribution in [0.15, 0.2) is 17.2 Å². The maximum Gasteiger partial charge on any atom is 0.272 e. The fourth-order valence-corrected chi connectivity index (χ4v) is 1.19. The lowest BCUT2D eigenvalue weighted by Gasteiger charge is -1.98. The Bertz CT molecular complexity index is 521. The Kier molecular flexibility index (Phi) is 1.66. The van der Waals surface area contributed by atoms with Crippen molar-refractivity contribution < 1.29 is 0 Å². The molecular formula is C7H5ClN4O. The standard InChI is InChI=1S/C7H5ClN4O/c8-5-3-1-4(9)7(13)12-6(3)11-2-10-5/h1-2H,9H2,(H,10,11,12,13). The first-order chi connectivity index (χ1) is 6.18. The number of H-pyrrole nitrogens is 1. The van der Waals surface area contributed by atoms with Gasteiger partial charge in [0.05, 0.1) is 11.1 Å². The van der Waals surface area contributed by atoms with E-state index in [0.717, 1.165) is 0 Å². The zero-order valence-electron chi connectivity index (χ0n) is 6.41. The third-order valence-corrected chi connectivity index (χ3v) is 1.93. The third-order valence-electron chi connectivity index (χ3n) is 1.63. The van der Waals surface area contributed by atoms with Crippen molar-refractivity contribution in [2.45, 2.75) is 0 Å². The summed E-state index contributed by atoms with van der Waals surface area (Å²) in [6, 6.07) is 1.45. The number of hydrogen-bond acceptors (Lipinski definition) is 4. The van der Waals surface area contributed by atoms with Crippen molar-refractivity contribution >= 4 is 28.3 Å². The van der Waals surface area contributed by atoms with E-state index in [1.54, 1.807) is 0 Å². The van der Waals surface area contributed by atoms with Gasteiger partial charge in [0.2, 0.25) is 0 Å². The van der Waals surface area contributed by atoms with Crippen molar-refractivity contribution in [3.05, 3.63) is 27.9 Å². The van der Waals surface area contributed by atoms with Crippen molar-refractivity contribution in [1.29, 1.82) is 0 Å². The van der Waals surface area contributed by atoms with Gasteiger partial charge < -0.3 is 10.7 Å². The summed E-state index contributed by atoms with van der Waals surface area (Å²) in [5.41, 5.74) is 5.51. The van der Waals surface area contributed by atoms with Gasteiger partial charge in [-0.3, -0.25) is 4.79 Å². The Morgan fingerprint density at radius 2 is 2.23 bits per heavy atom. The Morgan fingerprint density at radius 3 is 3.00 bits per heavy atom. The Balaban J connectivity index is 2.97. The lowest BCUT2D eigenvalue weighted by atomic mass is 10.3. The van der Waals surface area contributed by atoms with E-state index in [4.69, 9.17) is 17.3 Å². The average molecular weight is 197 g/mol. The molecule has 0 unspecified atom stereocenters. The molecule has 66 valence electrons. The zero-order chi connectivity index (χ0) is 9.42. The lowest BCUT2D eigenvalue weighted by Crippen LogP contribution is -2.11. The van der Waals surface area contributed by atoms with Gasteiger partial charge in [0, 0.05) is 0 Å². The molecule has 2 heterocycles. The SMILES string of the molecule is Nc1cc2c(Cl)ncnc2[nH]c1=O. The van der Waals surface area contributed by atoms with Gasteiger partial charge in [0.1, 0.15) is 17.1 Å². The molecule has 0 aliphatic heterocycles. The second kappa shape index (κ2) is 2.70. The van der Waals surface area contributed by atoms with Gasteiger partial charge in [0.15, 0.2) is 0 Å². The fraction of sp³-hybridized carbons (Fsp3) is 0. The highest BCUT2D eigenvalue weighted by Gasteiger charge is 2.03. The Morgan fingerprint density at radius 1 is 1.46 bits per heavy atom. The maximum atomic E-state index is 11.1. The number of fused-ring (bicyclic) bond motifs is 1. The molecule has 0 saturated heterocycles. The summed E-state index contributed by atoms with van der Waals surface area (Å²) in [6.07, 6.45) is 1.27. The number of rotatable bonds is 0. The van der Waals surface area contributed by atoms with E-state index in [1.165, 1.54) is 12.4 Å². The minimum absolute atomic E-state index is 0.101. The Labute approximate surface area is 77.6 Å². The average Bonchev–Trinajstić information content (AvgIpc) is 2.09. The van der Waals surface area contributed by atoms with Crippen LogP contribution in [0, 0.1) is 0 Å². The summed E-state index contributed by atoms with van der Waals surface area (Å²) in [5, 5.41) is 0.814. The van der Waals surface area contributed by atoms with Gasteiger partial charge >= 0.3 is 0 Å². The summed E-state index contributed by atoms with van der Waals surface area (Å²) in [6.45, 7) is 0. The molecule has 0 saturated carbocycles. The molecule has 0 atom stereocenters. The van der Waals surface area contributed by atoms with E-state index in [2.05, 4.69) is 15.0 Å². The van der Waals surface area contributed by atoms with Crippen molar-refractivity contribution in [2.24, 2.45) is 0 Å². The molecule has 0 spiro atoms. The quantitative estimate of drug-likeness (QED) is 0.603. The van der Waals surface area contributed by atoms with Crippen molar-refractivity contribution in [2.75, 3.05) is 5.73 Å². The molecule has 13 heavy (non-hydrogen) atoms. The van der Waals surface area contributed by atoms with Gasteiger partial charge in [0.25, 0.3) is 5.56 Å². The number of anilines is 1. The zero-order valence-corrected chi connectivity index (χ0v) is 7.17. The smallest absolute Gasteiger partial charge is 0.272 e. The molecule has 2 rings (SSSR count). The van der Waals surface area contributed by atoms with E-state index in [0.29, 0.717) is 11.0 Å². The van der Waals surface area contributed by atoms with Crippen LogP contribution < -0.4 is 11.3 Å². The molecule has 3 N–H and O–H groups in total. The highest BCUT2D eigenvalue weighted by molar-refractivity contribution is 6.33. The third kappa shape index (κ3) is 1.23.